The first-order valence-corrected chi connectivity index (χ1v) is 8.23. The maximum absolute atomic E-state index is 12.2. The summed E-state index contributed by atoms with van der Waals surface area (Å²) in [4.78, 5) is 36.1. The number of carbonyl (C=O) groups excluding carboxylic acids is 3. The molecule has 1 atom stereocenters. The number of nitrogens with one attached hydrogen (secondary N) is 1. The summed E-state index contributed by atoms with van der Waals surface area (Å²) in [5.74, 6) is -1.43. The molecule has 0 heterocycles. The highest BCUT2D eigenvalue weighted by atomic mass is 16.5. The van der Waals surface area contributed by atoms with E-state index in [2.05, 4.69) is 5.32 Å². The van der Waals surface area contributed by atoms with Crippen LogP contribution in [0.5, 0.6) is 0 Å². The first-order chi connectivity index (χ1) is 11.4. The molecule has 0 radical (unpaired) electrons. The Morgan fingerprint density at radius 1 is 0.958 bits per heavy atom. The van der Waals surface area contributed by atoms with E-state index in [0.29, 0.717) is 5.69 Å². The Morgan fingerprint density at radius 3 is 1.88 bits per heavy atom. The van der Waals surface area contributed by atoms with Gasteiger partial charge in [-0.2, -0.15) is 0 Å². The third-order valence-electron chi connectivity index (χ3n) is 3.39. The fraction of sp³-hybridized carbons (Fsp3) is 0.500. The molecule has 0 aliphatic carbocycles. The van der Waals surface area contributed by atoms with Crippen molar-refractivity contribution in [2.75, 3.05) is 18.5 Å². The molecule has 1 amide bonds. The molecule has 0 fully saturated rings. The molecule has 1 rings (SSSR count). The molecule has 0 saturated carbocycles. The average molecular weight is 335 g/mol. The Labute approximate surface area is 142 Å². The molecule has 6 nitrogen and oxygen atoms in total. The van der Waals surface area contributed by atoms with Gasteiger partial charge in [0, 0.05) is 11.6 Å². The molecule has 132 valence electrons. The van der Waals surface area contributed by atoms with E-state index in [9.17, 15) is 14.4 Å². The zero-order valence-electron chi connectivity index (χ0n) is 14.7. The van der Waals surface area contributed by atoms with Crippen molar-refractivity contribution >= 4 is 23.5 Å². The van der Waals surface area contributed by atoms with Crippen LogP contribution in [0.2, 0.25) is 0 Å². The van der Waals surface area contributed by atoms with Crippen molar-refractivity contribution in [1.29, 1.82) is 0 Å². The smallest absolute Gasteiger partial charge is 0.338 e. The number of carbonyl (C=O) groups is 3. The summed E-state index contributed by atoms with van der Waals surface area (Å²) in [5, 5.41) is 2.75. The van der Waals surface area contributed by atoms with E-state index in [0.717, 1.165) is 12.8 Å². The van der Waals surface area contributed by atoms with Gasteiger partial charge in [0.25, 0.3) is 0 Å². The van der Waals surface area contributed by atoms with Crippen molar-refractivity contribution < 1.29 is 23.9 Å². The Hall–Kier alpha value is -2.37. The van der Waals surface area contributed by atoms with Crippen molar-refractivity contribution in [2.45, 2.75) is 40.5 Å². The lowest BCUT2D eigenvalue weighted by Gasteiger charge is -2.13. The number of hydrogen-bond acceptors (Lipinski definition) is 5. The normalized spacial score (nSPS) is 11.5. The number of benzene rings is 1. The standard InChI is InChI=1S/C18H25NO5/c1-5-8-12(4)16(20)19-15-10-13(17(21)23-6-2)9-14(11-15)18(22)24-7-3/h9-12H,5-8H2,1-4H3,(H,19,20)/t12-/m1/s1. The predicted molar refractivity (Wildman–Crippen MR) is 91.1 cm³/mol. The van der Waals surface area contributed by atoms with E-state index in [1.54, 1.807) is 13.8 Å². The van der Waals surface area contributed by atoms with Gasteiger partial charge in [0.2, 0.25) is 5.91 Å². The summed E-state index contributed by atoms with van der Waals surface area (Å²) in [6.45, 7) is 7.67. The summed E-state index contributed by atoms with van der Waals surface area (Å²) in [6.07, 6.45) is 1.65. The van der Waals surface area contributed by atoms with Gasteiger partial charge in [0.15, 0.2) is 0 Å². The quantitative estimate of drug-likeness (QED) is 0.736. The second kappa shape index (κ2) is 9.70. The molecule has 0 aromatic heterocycles. The predicted octanol–water partition coefficient (Wildman–Crippen LogP) is 3.41. The second-order valence-corrected chi connectivity index (χ2v) is 5.42. The van der Waals surface area contributed by atoms with E-state index >= 15 is 0 Å². The fourth-order valence-electron chi connectivity index (χ4n) is 2.19. The molecule has 0 aliphatic heterocycles. The van der Waals surface area contributed by atoms with Crippen molar-refractivity contribution in [3.63, 3.8) is 0 Å². The van der Waals surface area contributed by atoms with Crippen LogP contribution in [0.3, 0.4) is 0 Å². The number of esters is 2. The fourth-order valence-corrected chi connectivity index (χ4v) is 2.19. The zero-order valence-corrected chi connectivity index (χ0v) is 14.7. The van der Waals surface area contributed by atoms with Crippen LogP contribution in [-0.2, 0) is 14.3 Å². The maximum atomic E-state index is 12.2. The number of ether oxygens (including phenoxy) is 2. The van der Waals surface area contributed by atoms with Crippen molar-refractivity contribution in [1.82, 2.24) is 0 Å². The van der Waals surface area contributed by atoms with Crippen LogP contribution < -0.4 is 5.32 Å². The van der Waals surface area contributed by atoms with Crippen molar-refractivity contribution in [3.05, 3.63) is 29.3 Å². The largest absolute Gasteiger partial charge is 0.462 e. The molecule has 0 aliphatic rings. The number of rotatable bonds is 8. The van der Waals surface area contributed by atoms with Crippen LogP contribution in [0.1, 0.15) is 61.3 Å². The van der Waals surface area contributed by atoms with Gasteiger partial charge in [-0.3, -0.25) is 4.79 Å². The highest BCUT2D eigenvalue weighted by Crippen LogP contribution is 2.19. The van der Waals surface area contributed by atoms with E-state index < -0.39 is 11.9 Å². The Balaban J connectivity index is 3.11. The van der Waals surface area contributed by atoms with Crippen LogP contribution >= 0.6 is 0 Å². The lowest BCUT2D eigenvalue weighted by molar-refractivity contribution is -0.119. The minimum absolute atomic E-state index is 0.160. The topological polar surface area (TPSA) is 81.7 Å². The van der Waals surface area contributed by atoms with Gasteiger partial charge >= 0.3 is 11.9 Å². The monoisotopic (exact) mass is 335 g/mol. The Bertz CT molecular complexity index is 561. The molecule has 0 spiro atoms. The molecule has 24 heavy (non-hydrogen) atoms. The lowest BCUT2D eigenvalue weighted by atomic mass is 10.0. The van der Waals surface area contributed by atoms with E-state index in [1.165, 1.54) is 18.2 Å². The van der Waals surface area contributed by atoms with Gasteiger partial charge in [-0.1, -0.05) is 20.3 Å². The summed E-state index contributed by atoms with van der Waals surface area (Å²) in [6, 6.07) is 4.40. The molecular weight excluding hydrogens is 310 g/mol. The highest BCUT2D eigenvalue weighted by Gasteiger charge is 2.17. The van der Waals surface area contributed by atoms with Crippen molar-refractivity contribution in [2.24, 2.45) is 5.92 Å². The van der Waals surface area contributed by atoms with Crippen LogP contribution in [0.4, 0.5) is 5.69 Å². The number of hydrogen-bond donors (Lipinski definition) is 1. The van der Waals surface area contributed by atoms with E-state index in [1.807, 2.05) is 13.8 Å². The summed E-state index contributed by atoms with van der Waals surface area (Å²) >= 11 is 0. The lowest BCUT2D eigenvalue weighted by Crippen LogP contribution is -2.21. The molecule has 0 unspecified atom stereocenters. The maximum Gasteiger partial charge on any atom is 0.338 e. The number of amides is 1. The summed E-state index contributed by atoms with van der Waals surface area (Å²) in [5.41, 5.74) is 0.762. The van der Waals surface area contributed by atoms with E-state index in [-0.39, 0.29) is 36.2 Å². The minimum Gasteiger partial charge on any atom is -0.462 e. The van der Waals surface area contributed by atoms with Crippen LogP contribution in [0, 0.1) is 5.92 Å². The first kappa shape index (κ1) is 19.7. The Kier molecular flexibility index (Phi) is 7.95. The average Bonchev–Trinajstić information content (AvgIpc) is 2.55. The minimum atomic E-state index is -0.555. The van der Waals surface area contributed by atoms with Gasteiger partial charge < -0.3 is 14.8 Å². The molecule has 1 aromatic rings. The van der Waals surface area contributed by atoms with Gasteiger partial charge in [-0.15, -0.1) is 0 Å². The van der Waals surface area contributed by atoms with Gasteiger partial charge in [0.1, 0.15) is 0 Å². The van der Waals surface area contributed by atoms with Gasteiger partial charge in [0.05, 0.1) is 24.3 Å². The molecular formula is C18H25NO5. The molecule has 0 bridgehead atoms. The Morgan fingerprint density at radius 2 is 1.46 bits per heavy atom. The first-order valence-electron chi connectivity index (χ1n) is 8.23. The van der Waals surface area contributed by atoms with E-state index in [4.69, 9.17) is 9.47 Å². The zero-order chi connectivity index (χ0) is 18.1. The summed E-state index contributed by atoms with van der Waals surface area (Å²) < 4.78 is 9.93. The molecule has 1 N–H and O–H groups in total. The van der Waals surface area contributed by atoms with Crippen molar-refractivity contribution in [3.8, 4) is 0 Å². The third kappa shape index (κ3) is 5.68. The van der Waals surface area contributed by atoms with Gasteiger partial charge in [-0.25, -0.2) is 9.59 Å². The molecule has 6 heteroatoms. The summed E-state index contributed by atoms with van der Waals surface area (Å²) in [7, 11) is 0. The second-order valence-electron chi connectivity index (χ2n) is 5.42. The van der Waals surface area contributed by atoms with Crippen LogP contribution in [-0.4, -0.2) is 31.1 Å². The van der Waals surface area contributed by atoms with Gasteiger partial charge in [-0.05, 0) is 38.5 Å². The highest BCUT2D eigenvalue weighted by molar-refractivity contribution is 5.99. The third-order valence-corrected chi connectivity index (χ3v) is 3.39. The van der Waals surface area contributed by atoms with Crippen LogP contribution in [0.15, 0.2) is 18.2 Å². The number of anilines is 1. The van der Waals surface area contributed by atoms with Crippen LogP contribution in [0.25, 0.3) is 0 Å². The molecule has 0 saturated heterocycles. The SMILES string of the molecule is CCC[C@@H](C)C(=O)Nc1cc(C(=O)OCC)cc(C(=O)OCC)c1. The molecule has 1 aromatic carbocycles.